The third-order valence-corrected chi connectivity index (χ3v) is 6.70. The largest absolute Gasteiger partial charge is 0.495 e. The fraction of sp³-hybridized carbons (Fsp3) is 0.240. The summed E-state index contributed by atoms with van der Waals surface area (Å²) in [7, 11) is 0.525. The molecule has 9 heteroatoms. The lowest BCUT2D eigenvalue weighted by Crippen LogP contribution is -2.28. The molecule has 34 heavy (non-hydrogen) atoms. The van der Waals surface area contributed by atoms with Crippen LogP contribution in [0.3, 0.4) is 0 Å². The SMILES string of the molecule is COc1ccc(C(C)NC(=O)c2ccc(OC)c(S(=O)(=O)NCc3ccccc3)c2)cc1OC. The summed E-state index contributed by atoms with van der Waals surface area (Å²) in [6.07, 6.45) is 0. The van der Waals surface area contributed by atoms with Gasteiger partial charge in [-0.25, -0.2) is 13.1 Å². The zero-order valence-electron chi connectivity index (χ0n) is 19.5. The molecule has 0 radical (unpaired) electrons. The van der Waals surface area contributed by atoms with Crippen molar-refractivity contribution in [2.75, 3.05) is 21.3 Å². The van der Waals surface area contributed by atoms with Crippen molar-refractivity contribution in [3.05, 3.63) is 83.4 Å². The number of carbonyl (C=O) groups is 1. The van der Waals surface area contributed by atoms with E-state index in [0.717, 1.165) is 11.1 Å². The van der Waals surface area contributed by atoms with E-state index in [1.807, 2.05) is 43.3 Å². The Labute approximate surface area is 199 Å². The number of hydrogen-bond donors (Lipinski definition) is 2. The van der Waals surface area contributed by atoms with Gasteiger partial charge in [0.1, 0.15) is 10.6 Å². The molecule has 3 rings (SSSR count). The molecule has 0 aliphatic carbocycles. The number of methoxy groups -OCH3 is 3. The lowest BCUT2D eigenvalue weighted by molar-refractivity contribution is 0.0939. The maximum atomic E-state index is 13.0. The van der Waals surface area contributed by atoms with Crippen molar-refractivity contribution in [3.63, 3.8) is 0 Å². The summed E-state index contributed by atoms with van der Waals surface area (Å²) in [6, 6.07) is 18.4. The minimum atomic E-state index is -3.94. The second kappa shape index (κ2) is 11.0. The van der Waals surface area contributed by atoms with E-state index in [9.17, 15) is 13.2 Å². The first kappa shape index (κ1) is 25.1. The standard InChI is InChI=1S/C25H28N2O6S/c1-17(19-10-12-21(31-2)23(14-19)33-4)27-25(28)20-11-13-22(32-3)24(15-20)34(29,30)26-16-18-8-6-5-7-9-18/h5-15,17,26H,16H2,1-4H3,(H,27,28). The number of nitrogens with one attached hydrogen (secondary N) is 2. The van der Waals surface area contributed by atoms with E-state index in [1.54, 1.807) is 19.2 Å². The van der Waals surface area contributed by atoms with Gasteiger partial charge in [0.25, 0.3) is 5.91 Å². The molecule has 0 aromatic heterocycles. The predicted octanol–water partition coefficient (Wildman–Crippen LogP) is 3.68. The monoisotopic (exact) mass is 484 g/mol. The van der Waals surface area contributed by atoms with E-state index >= 15 is 0 Å². The zero-order chi connectivity index (χ0) is 24.7. The van der Waals surface area contributed by atoms with E-state index in [4.69, 9.17) is 14.2 Å². The predicted molar refractivity (Wildman–Crippen MR) is 129 cm³/mol. The van der Waals surface area contributed by atoms with Crippen LogP contribution in [0.5, 0.6) is 17.2 Å². The first-order valence-electron chi connectivity index (χ1n) is 10.5. The molecule has 1 unspecified atom stereocenters. The molecule has 180 valence electrons. The summed E-state index contributed by atoms with van der Waals surface area (Å²) in [6.45, 7) is 1.93. The Balaban J connectivity index is 1.80. The average Bonchev–Trinajstić information content (AvgIpc) is 2.87. The number of rotatable bonds is 10. The van der Waals surface area contributed by atoms with E-state index in [2.05, 4.69) is 10.0 Å². The van der Waals surface area contributed by atoms with E-state index in [-0.39, 0.29) is 28.8 Å². The lowest BCUT2D eigenvalue weighted by Gasteiger charge is -2.17. The molecule has 0 heterocycles. The second-order valence-electron chi connectivity index (χ2n) is 7.49. The van der Waals surface area contributed by atoms with Gasteiger partial charge < -0.3 is 19.5 Å². The molecule has 3 aromatic rings. The normalized spacial score (nSPS) is 12.0. The Morgan fingerprint density at radius 3 is 2.15 bits per heavy atom. The highest BCUT2D eigenvalue weighted by Gasteiger charge is 2.22. The molecule has 0 saturated heterocycles. The Morgan fingerprint density at radius 1 is 0.853 bits per heavy atom. The van der Waals surface area contributed by atoms with Crippen LogP contribution in [0, 0.1) is 0 Å². The first-order valence-corrected chi connectivity index (χ1v) is 12.0. The van der Waals surface area contributed by atoms with Gasteiger partial charge >= 0.3 is 0 Å². The van der Waals surface area contributed by atoms with Gasteiger partial charge in [-0.15, -0.1) is 0 Å². The molecule has 0 bridgehead atoms. The van der Waals surface area contributed by atoms with Crippen LogP contribution < -0.4 is 24.2 Å². The Kier molecular flexibility index (Phi) is 8.14. The van der Waals surface area contributed by atoms with Crippen molar-refractivity contribution in [2.45, 2.75) is 24.4 Å². The van der Waals surface area contributed by atoms with Crippen LogP contribution in [0.4, 0.5) is 0 Å². The van der Waals surface area contributed by atoms with E-state index in [1.165, 1.54) is 32.4 Å². The van der Waals surface area contributed by atoms with Crippen LogP contribution in [-0.4, -0.2) is 35.7 Å². The number of amides is 1. The molecule has 1 atom stereocenters. The first-order chi connectivity index (χ1) is 16.3. The van der Waals surface area contributed by atoms with Gasteiger partial charge in [0.15, 0.2) is 11.5 Å². The highest BCUT2D eigenvalue weighted by molar-refractivity contribution is 7.89. The Hall–Kier alpha value is -3.56. The minimum absolute atomic E-state index is 0.110. The molecule has 2 N–H and O–H groups in total. The van der Waals surface area contributed by atoms with Crippen LogP contribution in [0.15, 0.2) is 71.6 Å². The van der Waals surface area contributed by atoms with Gasteiger partial charge in [0, 0.05) is 12.1 Å². The maximum Gasteiger partial charge on any atom is 0.251 e. The summed E-state index contributed by atoms with van der Waals surface area (Å²) in [5.41, 5.74) is 1.80. The molecule has 1 amide bonds. The highest BCUT2D eigenvalue weighted by Crippen LogP contribution is 2.30. The maximum absolute atomic E-state index is 13.0. The summed E-state index contributed by atoms with van der Waals surface area (Å²) in [5.74, 6) is 0.843. The van der Waals surface area contributed by atoms with Crippen LogP contribution in [0.25, 0.3) is 0 Å². The van der Waals surface area contributed by atoms with E-state index < -0.39 is 15.9 Å². The van der Waals surface area contributed by atoms with Gasteiger partial charge in [-0.05, 0) is 48.4 Å². The van der Waals surface area contributed by atoms with Crippen LogP contribution >= 0.6 is 0 Å². The van der Waals surface area contributed by atoms with Crippen LogP contribution in [0.2, 0.25) is 0 Å². The molecule has 8 nitrogen and oxygen atoms in total. The highest BCUT2D eigenvalue weighted by atomic mass is 32.2. The topological polar surface area (TPSA) is 103 Å². The van der Waals surface area contributed by atoms with Crippen molar-refractivity contribution in [3.8, 4) is 17.2 Å². The smallest absolute Gasteiger partial charge is 0.251 e. The minimum Gasteiger partial charge on any atom is -0.495 e. The van der Waals surface area contributed by atoms with Crippen molar-refractivity contribution in [1.29, 1.82) is 0 Å². The van der Waals surface area contributed by atoms with Crippen molar-refractivity contribution < 1.29 is 27.4 Å². The van der Waals surface area contributed by atoms with Crippen LogP contribution in [-0.2, 0) is 16.6 Å². The van der Waals surface area contributed by atoms with Crippen molar-refractivity contribution >= 4 is 15.9 Å². The molecular weight excluding hydrogens is 456 g/mol. The summed E-state index contributed by atoms with van der Waals surface area (Å²) >= 11 is 0. The molecule has 0 saturated carbocycles. The van der Waals surface area contributed by atoms with E-state index in [0.29, 0.717) is 11.5 Å². The molecular formula is C25H28N2O6S. The number of ether oxygens (including phenoxy) is 3. The van der Waals surface area contributed by atoms with Crippen LogP contribution in [0.1, 0.15) is 34.5 Å². The Morgan fingerprint density at radius 2 is 1.50 bits per heavy atom. The van der Waals surface area contributed by atoms with Gasteiger partial charge in [0.05, 0.1) is 27.4 Å². The van der Waals surface area contributed by atoms with Gasteiger partial charge in [-0.3, -0.25) is 4.79 Å². The van der Waals surface area contributed by atoms with Gasteiger partial charge in [-0.2, -0.15) is 0 Å². The molecule has 0 fully saturated rings. The fourth-order valence-electron chi connectivity index (χ4n) is 3.37. The average molecular weight is 485 g/mol. The third kappa shape index (κ3) is 5.86. The quantitative estimate of drug-likeness (QED) is 0.455. The number of carbonyl (C=O) groups excluding carboxylic acids is 1. The summed E-state index contributed by atoms with van der Waals surface area (Å²) < 4.78 is 44.3. The number of benzene rings is 3. The molecule has 0 aliphatic rings. The number of hydrogen-bond acceptors (Lipinski definition) is 6. The van der Waals surface area contributed by atoms with Crippen molar-refractivity contribution in [2.24, 2.45) is 0 Å². The number of sulfonamides is 1. The second-order valence-corrected chi connectivity index (χ2v) is 9.22. The zero-order valence-corrected chi connectivity index (χ0v) is 20.3. The fourth-order valence-corrected chi connectivity index (χ4v) is 4.58. The third-order valence-electron chi connectivity index (χ3n) is 5.28. The van der Waals surface area contributed by atoms with Gasteiger partial charge in [0.2, 0.25) is 10.0 Å². The summed E-state index contributed by atoms with van der Waals surface area (Å²) in [5, 5.41) is 2.88. The summed E-state index contributed by atoms with van der Waals surface area (Å²) in [4.78, 5) is 12.8. The van der Waals surface area contributed by atoms with Crippen molar-refractivity contribution in [1.82, 2.24) is 10.0 Å². The lowest BCUT2D eigenvalue weighted by atomic mass is 10.1. The molecule has 0 aliphatic heterocycles. The van der Waals surface area contributed by atoms with Gasteiger partial charge in [-0.1, -0.05) is 36.4 Å². The Bertz CT molecular complexity index is 1250. The molecule has 0 spiro atoms. The molecule has 3 aromatic carbocycles.